The summed E-state index contributed by atoms with van der Waals surface area (Å²) >= 11 is 0. The van der Waals surface area contributed by atoms with Crippen molar-refractivity contribution in [3.63, 3.8) is 0 Å². The highest BCUT2D eigenvalue weighted by Crippen LogP contribution is 2.34. The van der Waals surface area contributed by atoms with Crippen molar-refractivity contribution in [1.29, 1.82) is 0 Å². The Kier molecular flexibility index (Phi) is 7.47. The van der Waals surface area contributed by atoms with E-state index in [0.29, 0.717) is 18.6 Å². The van der Waals surface area contributed by atoms with Crippen LogP contribution in [0.2, 0.25) is 0 Å². The molecule has 3 rings (SSSR count). The van der Waals surface area contributed by atoms with Crippen LogP contribution in [0.15, 0.2) is 40.2 Å². The number of sulfonamides is 1. The summed E-state index contributed by atoms with van der Waals surface area (Å²) in [6, 6.07) is 8.63. The molecule has 2 saturated heterocycles. The molecular formula is C16H25IN4O3S. The van der Waals surface area contributed by atoms with Gasteiger partial charge in [-0.3, -0.25) is 4.99 Å². The molecule has 3 atom stereocenters. The molecule has 2 fully saturated rings. The van der Waals surface area contributed by atoms with Crippen molar-refractivity contribution in [2.75, 3.05) is 20.1 Å². The minimum absolute atomic E-state index is 0. The predicted octanol–water partition coefficient (Wildman–Crippen LogP) is 1.07. The van der Waals surface area contributed by atoms with E-state index in [1.807, 2.05) is 0 Å². The molecule has 0 radical (unpaired) electrons. The van der Waals surface area contributed by atoms with Gasteiger partial charge >= 0.3 is 0 Å². The van der Waals surface area contributed by atoms with Gasteiger partial charge in [-0.2, -0.15) is 0 Å². The van der Waals surface area contributed by atoms with Gasteiger partial charge in [-0.15, -0.1) is 24.0 Å². The van der Waals surface area contributed by atoms with E-state index in [4.69, 9.17) is 4.74 Å². The van der Waals surface area contributed by atoms with Crippen molar-refractivity contribution in [3.05, 3.63) is 30.3 Å². The molecule has 2 aliphatic rings. The van der Waals surface area contributed by atoms with E-state index in [1.54, 1.807) is 37.4 Å². The largest absolute Gasteiger partial charge is 0.373 e. The first kappa shape index (κ1) is 20.4. The van der Waals surface area contributed by atoms with Gasteiger partial charge in [0.15, 0.2) is 5.96 Å². The number of ether oxygens (including phenoxy) is 1. The number of benzene rings is 1. The van der Waals surface area contributed by atoms with Crippen LogP contribution in [0, 0.1) is 0 Å². The summed E-state index contributed by atoms with van der Waals surface area (Å²) in [6.45, 7) is 0.735. The third-order valence-electron chi connectivity index (χ3n) is 4.41. The summed E-state index contributed by atoms with van der Waals surface area (Å²) in [5, 5.41) is 6.50. The molecule has 0 aromatic heterocycles. The fraction of sp³-hybridized carbons (Fsp3) is 0.562. The second-order valence-electron chi connectivity index (χ2n) is 6.07. The normalized spacial score (nSPS) is 25.5. The van der Waals surface area contributed by atoms with E-state index in [9.17, 15) is 8.42 Å². The number of aliphatic imine (C=N–C) groups is 1. The van der Waals surface area contributed by atoms with Gasteiger partial charge in [-0.1, -0.05) is 18.2 Å². The molecule has 0 spiro atoms. The topological polar surface area (TPSA) is 91.8 Å². The number of hydrogen-bond acceptors (Lipinski definition) is 4. The van der Waals surface area contributed by atoms with E-state index >= 15 is 0 Å². The van der Waals surface area contributed by atoms with Crippen LogP contribution in [0.4, 0.5) is 0 Å². The van der Waals surface area contributed by atoms with E-state index < -0.39 is 10.0 Å². The van der Waals surface area contributed by atoms with Gasteiger partial charge in [-0.05, 0) is 31.4 Å². The molecule has 2 bridgehead atoms. The first-order chi connectivity index (χ1) is 11.6. The highest BCUT2D eigenvalue weighted by molar-refractivity contribution is 14.0. The molecule has 25 heavy (non-hydrogen) atoms. The summed E-state index contributed by atoms with van der Waals surface area (Å²) in [6.07, 6.45) is 3.90. The maximum absolute atomic E-state index is 12.1. The lowest BCUT2D eigenvalue weighted by atomic mass is 9.96. The highest BCUT2D eigenvalue weighted by Gasteiger charge is 2.41. The molecule has 0 aliphatic carbocycles. The Hall–Kier alpha value is -0.910. The number of nitrogens with zero attached hydrogens (tertiary/aromatic N) is 1. The number of fused-ring (bicyclic) bond motifs is 2. The van der Waals surface area contributed by atoms with Gasteiger partial charge in [0.05, 0.1) is 23.1 Å². The van der Waals surface area contributed by atoms with Gasteiger partial charge in [0, 0.05) is 20.1 Å². The summed E-state index contributed by atoms with van der Waals surface area (Å²) in [5.74, 6) is 0.676. The number of rotatable bonds is 6. The summed E-state index contributed by atoms with van der Waals surface area (Å²) in [7, 11) is -1.76. The molecule has 7 nitrogen and oxygen atoms in total. The fourth-order valence-corrected chi connectivity index (χ4v) is 4.26. The molecule has 1 aromatic rings. The lowest BCUT2D eigenvalue weighted by Gasteiger charge is -2.22. The number of nitrogens with one attached hydrogen (secondary N) is 3. The van der Waals surface area contributed by atoms with E-state index in [-0.39, 0.29) is 47.6 Å². The quantitative estimate of drug-likeness (QED) is 0.245. The van der Waals surface area contributed by atoms with Crippen molar-refractivity contribution in [3.8, 4) is 0 Å². The minimum Gasteiger partial charge on any atom is -0.373 e. The Bertz CT molecular complexity index is 684. The zero-order valence-corrected chi connectivity index (χ0v) is 17.3. The maximum atomic E-state index is 12.1. The van der Waals surface area contributed by atoms with Crippen LogP contribution >= 0.6 is 24.0 Å². The van der Waals surface area contributed by atoms with Gasteiger partial charge in [0.1, 0.15) is 0 Å². The third-order valence-corrected chi connectivity index (χ3v) is 5.89. The fourth-order valence-electron chi connectivity index (χ4n) is 3.21. The van der Waals surface area contributed by atoms with Crippen LogP contribution in [-0.4, -0.2) is 52.8 Å². The van der Waals surface area contributed by atoms with Crippen LogP contribution in [0.3, 0.4) is 0 Å². The number of halogens is 1. The van der Waals surface area contributed by atoms with Crippen molar-refractivity contribution < 1.29 is 13.2 Å². The molecule has 0 saturated carbocycles. The van der Waals surface area contributed by atoms with Crippen molar-refractivity contribution >= 4 is 40.0 Å². The molecule has 0 amide bonds. The molecule has 3 unspecified atom stereocenters. The summed E-state index contributed by atoms with van der Waals surface area (Å²) in [5.41, 5.74) is 0. The number of hydrogen-bond donors (Lipinski definition) is 3. The Balaban J connectivity index is 0.00000225. The molecule has 2 heterocycles. The molecule has 2 aliphatic heterocycles. The zero-order chi connectivity index (χ0) is 17.0. The third kappa shape index (κ3) is 5.28. The number of guanidine groups is 1. The van der Waals surface area contributed by atoms with E-state index in [2.05, 4.69) is 20.3 Å². The van der Waals surface area contributed by atoms with Crippen LogP contribution in [0.5, 0.6) is 0 Å². The van der Waals surface area contributed by atoms with Crippen LogP contribution in [0.25, 0.3) is 0 Å². The van der Waals surface area contributed by atoms with Gasteiger partial charge in [0.2, 0.25) is 10.0 Å². The highest BCUT2D eigenvalue weighted by atomic mass is 127. The van der Waals surface area contributed by atoms with Crippen molar-refractivity contribution in [1.82, 2.24) is 15.4 Å². The van der Waals surface area contributed by atoms with Crippen molar-refractivity contribution in [2.45, 2.75) is 42.4 Å². The Morgan fingerprint density at radius 1 is 1.24 bits per heavy atom. The monoisotopic (exact) mass is 480 g/mol. The first-order valence-electron chi connectivity index (χ1n) is 8.26. The molecule has 140 valence electrons. The predicted molar refractivity (Wildman–Crippen MR) is 108 cm³/mol. The lowest BCUT2D eigenvalue weighted by Crippen LogP contribution is -2.48. The Labute approximate surface area is 166 Å². The Morgan fingerprint density at radius 2 is 2.00 bits per heavy atom. The second-order valence-corrected chi connectivity index (χ2v) is 7.84. The molecular weight excluding hydrogens is 455 g/mol. The minimum atomic E-state index is -3.46. The van der Waals surface area contributed by atoms with Crippen molar-refractivity contribution in [2.24, 2.45) is 4.99 Å². The SMILES string of the molecule is CN=C(NCCNS(=O)(=O)c1ccccc1)NC1CC2CCC1O2.I. The van der Waals surface area contributed by atoms with E-state index in [1.165, 1.54) is 0 Å². The summed E-state index contributed by atoms with van der Waals surface area (Å²) < 4.78 is 32.6. The molecule has 1 aromatic carbocycles. The Morgan fingerprint density at radius 3 is 2.60 bits per heavy atom. The first-order valence-corrected chi connectivity index (χ1v) is 9.74. The van der Waals surface area contributed by atoms with Gasteiger partial charge in [-0.25, -0.2) is 13.1 Å². The average molecular weight is 480 g/mol. The maximum Gasteiger partial charge on any atom is 0.240 e. The molecule has 9 heteroatoms. The average Bonchev–Trinajstić information content (AvgIpc) is 3.21. The standard InChI is InChI=1S/C16H24N4O3S.HI/c1-17-16(20-14-11-12-7-8-15(14)23-12)18-9-10-19-24(21,22)13-5-3-2-4-6-13;/h2-6,12,14-15,19H,7-11H2,1H3,(H2,17,18,20);1H. The van der Waals surface area contributed by atoms with Crippen LogP contribution in [0.1, 0.15) is 19.3 Å². The van der Waals surface area contributed by atoms with Gasteiger partial charge < -0.3 is 15.4 Å². The summed E-state index contributed by atoms with van der Waals surface area (Å²) in [4.78, 5) is 4.46. The lowest BCUT2D eigenvalue weighted by molar-refractivity contribution is 0.0992. The molecule has 3 N–H and O–H groups in total. The zero-order valence-electron chi connectivity index (χ0n) is 14.1. The van der Waals surface area contributed by atoms with Gasteiger partial charge in [0.25, 0.3) is 0 Å². The van der Waals surface area contributed by atoms with E-state index in [0.717, 1.165) is 19.3 Å². The van der Waals surface area contributed by atoms with Crippen LogP contribution in [-0.2, 0) is 14.8 Å². The second kappa shape index (κ2) is 9.15. The van der Waals surface area contributed by atoms with Crippen LogP contribution < -0.4 is 15.4 Å². The smallest absolute Gasteiger partial charge is 0.240 e.